The summed E-state index contributed by atoms with van der Waals surface area (Å²) in [5.41, 5.74) is -1.82. The standard InChI is InChI=1S/C12H9F4N/c13-10-5-8(11(7-17)2-1-3-11)4-9(6-10)12(14,15)16/h4-6H,1-3H2. The van der Waals surface area contributed by atoms with Crippen molar-refractivity contribution in [1.82, 2.24) is 0 Å². The van der Waals surface area contributed by atoms with Gasteiger partial charge in [-0.15, -0.1) is 0 Å². The van der Waals surface area contributed by atoms with E-state index >= 15 is 0 Å². The third-order valence-electron chi connectivity index (χ3n) is 3.20. The van der Waals surface area contributed by atoms with Crippen LogP contribution < -0.4 is 0 Å². The Balaban J connectivity index is 2.50. The monoisotopic (exact) mass is 243 g/mol. The normalized spacial score (nSPS) is 18.3. The quantitative estimate of drug-likeness (QED) is 0.688. The minimum absolute atomic E-state index is 0.138. The topological polar surface area (TPSA) is 23.8 Å². The highest BCUT2D eigenvalue weighted by atomic mass is 19.4. The number of alkyl halides is 3. The summed E-state index contributed by atoms with van der Waals surface area (Å²) >= 11 is 0. The van der Waals surface area contributed by atoms with Crippen molar-refractivity contribution in [3.05, 3.63) is 35.1 Å². The molecule has 17 heavy (non-hydrogen) atoms. The molecule has 0 atom stereocenters. The van der Waals surface area contributed by atoms with Crippen molar-refractivity contribution >= 4 is 0 Å². The summed E-state index contributed by atoms with van der Waals surface area (Å²) in [4.78, 5) is 0. The van der Waals surface area contributed by atoms with Gasteiger partial charge >= 0.3 is 6.18 Å². The Labute approximate surface area is 95.7 Å². The second-order valence-electron chi connectivity index (χ2n) is 4.27. The molecule has 1 aliphatic rings. The van der Waals surface area contributed by atoms with Crippen molar-refractivity contribution in [3.8, 4) is 6.07 Å². The zero-order valence-electron chi connectivity index (χ0n) is 8.81. The maximum Gasteiger partial charge on any atom is 0.416 e. The second-order valence-corrected chi connectivity index (χ2v) is 4.27. The van der Waals surface area contributed by atoms with Gasteiger partial charge < -0.3 is 0 Å². The largest absolute Gasteiger partial charge is 0.416 e. The van der Waals surface area contributed by atoms with Gasteiger partial charge in [0.2, 0.25) is 0 Å². The average molecular weight is 243 g/mol. The van der Waals surface area contributed by atoms with Crippen LogP contribution >= 0.6 is 0 Å². The molecule has 5 heteroatoms. The Kier molecular flexibility index (Phi) is 2.61. The highest BCUT2D eigenvalue weighted by Gasteiger charge is 2.41. The Bertz CT molecular complexity index is 480. The van der Waals surface area contributed by atoms with Crippen molar-refractivity contribution in [2.45, 2.75) is 30.9 Å². The smallest absolute Gasteiger partial charge is 0.207 e. The summed E-state index contributed by atoms with van der Waals surface area (Å²) < 4.78 is 50.7. The molecule has 0 spiro atoms. The third kappa shape index (κ3) is 1.99. The van der Waals surface area contributed by atoms with E-state index < -0.39 is 23.0 Å². The van der Waals surface area contributed by atoms with Crippen molar-refractivity contribution in [2.24, 2.45) is 0 Å². The lowest BCUT2D eigenvalue weighted by Crippen LogP contribution is -2.32. The molecule has 0 amide bonds. The highest BCUT2D eigenvalue weighted by molar-refractivity contribution is 5.39. The van der Waals surface area contributed by atoms with E-state index in [1.165, 1.54) is 0 Å². The van der Waals surface area contributed by atoms with Crippen LogP contribution in [0.1, 0.15) is 30.4 Å². The summed E-state index contributed by atoms with van der Waals surface area (Å²) in [6.07, 6.45) is -2.82. The molecule has 0 N–H and O–H groups in total. The summed E-state index contributed by atoms with van der Waals surface area (Å²) in [6.45, 7) is 0. The van der Waals surface area contributed by atoms with Gasteiger partial charge in [0, 0.05) is 0 Å². The number of rotatable bonds is 1. The van der Waals surface area contributed by atoms with Gasteiger partial charge in [0.15, 0.2) is 0 Å². The van der Waals surface area contributed by atoms with Crippen LogP contribution in [-0.2, 0) is 11.6 Å². The van der Waals surface area contributed by atoms with Crippen LogP contribution in [-0.4, -0.2) is 0 Å². The molecule has 1 aromatic carbocycles. The van der Waals surface area contributed by atoms with Gasteiger partial charge in [-0.1, -0.05) is 0 Å². The molecular formula is C12H9F4N. The van der Waals surface area contributed by atoms with E-state index in [2.05, 4.69) is 0 Å². The van der Waals surface area contributed by atoms with Gasteiger partial charge in [-0.2, -0.15) is 18.4 Å². The molecule has 0 unspecified atom stereocenters. The number of halogens is 4. The van der Waals surface area contributed by atoms with Crippen LogP contribution in [0.15, 0.2) is 18.2 Å². The fraction of sp³-hybridized carbons (Fsp3) is 0.417. The van der Waals surface area contributed by atoms with E-state index in [0.717, 1.165) is 18.6 Å². The van der Waals surface area contributed by atoms with E-state index in [1.54, 1.807) is 0 Å². The first-order valence-electron chi connectivity index (χ1n) is 5.17. The molecule has 1 saturated carbocycles. The Morgan fingerprint density at radius 2 is 1.82 bits per heavy atom. The SMILES string of the molecule is N#CC1(c2cc(F)cc(C(F)(F)F)c2)CCC1. The number of nitriles is 1. The number of benzene rings is 1. The molecule has 1 nitrogen and oxygen atoms in total. The zero-order valence-corrected chi connectivity index (χ0v) is 8.81. The van der Waals surface area contributed by atoms with E-state index in [0.29, 0.717) is 18.9 Å². The number of nitrogens with zero attached hydrogens (tertiary/aromatic N) is 1. The van der Waals surface area contributed by atoms with Crippen LogP contribution in [0.3, 0.4) is 0 Å². The van der Waals surface area contributed by atoms with E-state index in [4.69, 9.17) is 5.26 Å². The average Bonchev–Trinajstić information content (AvgIpc) is 2.14. The van der Waals surface area contributed by atoms with Crippen LogP contribution in [0.4, 0.5) is 17.6 Å². The first kappa shape index (κ1) is 11.9. The molecule has 1 fully saturated rings. The summed E-state index contributed by atoms with van der Waals surface area (Å²) in [6, 6.07) is 4.36. The number of hydrogen-bond donors (Lipinski definition) is 0. The minimum atomic E-state index is -4.59. The minimum Gasteiger partial charge on any atom is -0.207 e. The van der Waals surface area contributed by atoms with Crippen LogP contribution in [0.5, 0.6) is 0 Å². The molecule has 0 radical (unpaired) electrons. The highest BCUT2D eigenvalue weighted by Crippen LogP contribution is 2.44. The molecule has 2 rings (SSSR count). The summed E-state index contributed by atoms with van der Waals surface area (Å²) in [5.74, 6) is -0.948. The molecule has 0 aliphatic heterocycles. The lowest BCUT2D eigenvalue weighted by molar-refractivity contribution is -0.137. The van der Waals surface area contributed by atoms with Crippen molar-refractivity contribution in [1.29, 1.82) is 5.26 Å². The summed E-state index contributed by atoms with van der Waals surface area (Å²) in [5, 5.41) is 9.02. The van der Waals surface area contributed by atoms with Gasteiger partial charge in [0.25, 0.3) is 0 Å². The molecule has 1 aromatic rings. The molecule has 0 bridgehead atoms. The van der Waals surface area contributed by atoms with Crippen LogP contribution in [0, 0.1) is 17.1 Å². The molecule has 0 saturated heterocycles. The van der Waals surface area contributed by atoms with E-state index in [9.17, 15) is 17.6 Å². The second kappa shape index (κ2) is 3.73. The van der Waals surface area contributed by atoms with E-state index in [-0.39, 0.29) is 5.56 Å². The van der Waals surface area contributed by atoms with Gasteiger partial charge in [0.05, 0.1) is 17.0 Å². The van der Waals surface area contributed by atoms with Crippen molar-refractivity contribution < 1.29 is 17.6 Å². The van der Waals surface area contributed by atoms with Gasteiger partial charge in [-0.05, 0) is 43.0 Å². The van der Waals surface area contributed by atoms with Gasteiger partial charge in [-0.25, -0.2) is 4.39 Å². The van der Waals surface area contributed by atoms with Crippen LogP contribution in [0.25, 0.3) is 0 Å². The predicted molar refractivity (Wildman–Crippen MR) is 52.5 cm³/mol. The van der Waals surface area contributed by atoms with Gasteiger partial charge in [-0.3, -0.25) is 0 Å². The third-order valence-corrected chi connectivity index (χ3v) is 3.20. The Hall–Kier alpha value is -1.57. The lowest BCUT2D eigenvalue weighted by atomic mass is 9.65. The lowest BCUT2D eigenvalue weighted by Gasteiger charge is -2.35. The number of hydrogen-bond acceptors (Lipinski definition) is 1. The first-order valence-corrected chi connectivity index (χ1v) is 5.17. The Morgan fingerprint density at radius 1 is 1.18 bits per heavy atom. The van der Waals surface area contributed by atoms with Crippen LogP contribution in [0.2, 0.25) is 0 Å². The molecule has 0 heterocycles. The molecular weight excluding hydrogens is 234 g/mol. The molecule has 0 aromatic heterocycles. The predicted octanol–water partition coefficient (Wildman–Crippen LogP) is 3.79. The maximum atomic E-state index is 13.2. The molecule has 1 aliphatic carbocycles. The molecule has 90 valence electrons. The zero-order chi connectivity index (χ0) is 12.7. The van der Waals surface area contributed by atoms with E-state index in [1.807, 2.05) is 6.07 Å². The Morgan fingerprint density at radius 3 is 2.24 bits per heavy atom. The first-order chi connectivity index (χ1) is 7.87. The maximum absolute atomic E-state index is 13.2. The fourth-order valence-electron chi connectivity index (χ4n) is 2.02. The van der Waals surface area contributed by atoms with Crippen molar-refractivity contribution in [3.63, 3.8) is 0 Å². The van der Waals surface area contributed by atoms with Crippen molar-refractivity contribution in [2.75, 3.05) is 0 Å². The van der Waals surface area contributed by atoms with Gasteiger partial charge in [0.1, 0.15) is 5.82 Å². The summed E-state index contributed by atoms with van der Waals surface area (Å²) in [7, 11) is 0. The fourth-order valence-corrected chi connectivity index (χ4v) is 2.02.